The van der Waals surface area contributed by atoms with Crippen LogP contribution >= 0.6 is 0 Å². The molecule has 0 radical (unpaired) electrons. The van der Waals surface area contributed by atoms with E-state index in [0.29, 0.717) is 11.3 Å². The average Bonchev–Trinajstić information content (AvgIpc) is 2.98. The fourth-order valence-electron chi connectivity index (χ4n) is 1.83. The van der Waals surface area contributed by atoms with E-state index in [0.717, 1.165) is 11.3 Å². The van der Waals surface area contributed by atoms with Crippen LogP contribution in [0.3, 0.4) is 0 Å². The van der Waals surface area contributed by atoms with E-state index >= 15 is 0 Å². The minimum atomic E-state index is -0.0139. The van der Waals surface area contributed by atoms with Crippen molar-refractivity contribution in [3.63, 3.8) is 0 Å². The zero-order valence-electron chi connectivity index (χ0n) is 9.25. The summed E-state index contributed by atoms with van der Waals surface area (Å²) in [6.45, 7) is 0. The van der Waals surface area contributed by atoms with E-state index in [2.05, 4.69) is 20.2 Å². The van der Waals surface area contributed by atoms with Crippen LogP contribution in [0.25, 0.3) is 22.5 Å². The van der Waals surface area contributed by atoms with E-state index < -0.39 is 0 Å². The largest absolute Gasteiger partial charge is 0.508 e. The fraction of sp³-hybridized carbons (Fsp3) is 0. The van der Waals surface area contributed by atoms with Crippen LogP contribution in [0.2, 0.25) is 0 Å². The first kappa shape index (κ1) is 10.4. The maximum atomic E-state index is 9.85. The van der Waals surface area contributed by atoms with Gasteiger partial charge in [0.05, 0.1) is 30.1 Å². The van der Waals surface area contributed by atoms with Crippen molar-refractivity contribution >= 4 is 0 Å². The summed E-state index contributed by atoms with van der Waals surface area (Å²) in [5.41, 5.74) is 2.83. The number of aromatic hydroxyl groups is 2. The van der Waals surface area contributed by atoms with E-state index in [9.17, 15) is 10.2 Å². The highest BCUT2D eigenvalue weighted by atomic mass is 16.3. The lowest BCUT2D eigenvalue weighted by molar-refractivity contribution is 0.452. The van der Waals surface area contributed by atoms with Gasteiger partial charge in [0.25, 0.3) is 0 Å². The second-order valence-electron chi connectivity index (χ2n) is 3.83. The van der Waals surface area contributed by atoms with E-state index in [1.54, 1.807) is 24.8 Å². The molecular formula is C12H10N4O2. The van der Waals surface area contributed by atoms with Crippen molar-refractivity contribution in [2.45, 2.75) is 0 Å². The van der Waals surface area contributed by atoms with Crippen molar-refractivity contribution in [2.24, 2.45) is 0 Å². The summed E-state index contributed by atoms with van der Waals surface area (Å²) in [5, 5.41) is 25.9. The van der Waals surface area contributed by atoms with Gasteiger partial charge in [-0.25, -0.2) is 4.98 Å². The van der Waals surface area contributed by atoms with E-state index in [-0.39, 0.29) is 11.5 Å². The van der Waals surface area contributed by atoms with Gasteiger partial charge in [-0.3, -0.25) is 5.10 Å². The number of benzene rings is 1. The molecular weight excluding hydrogens is 232 g/mol. The highest BCUT2D eigenvalue weighted by molar-refractivity contribution is 5.81. The number of phenolic OH excluding ortho intramolecular Hbond substituents is 2. The third-order valence-corrected chi connectivity index (χ3v) is 2.68. The number of aromatic amines is 2. The lowest BCUT2D eigenvalue weighted by Crippen LogP contribution is -1.83. The zero-order valence-corrected chi connectivity index (χ0v) is 9.25. The molecule has 0 aliphatic rings. The molecule has 6 heteroatoms. The first-order valence-electron chi connectivity index (χ1n) is 5.30. The Bertz CT molecular complexity index is 673. The van der Waals surface area contributed by atoms with Crippen LogP contribution in [0.1, 0.15) is 0 Å². The highest BCUT2D eigenvalue weighted by Gasteiger charge is 2.14. The summed E-state index contributed by atoms with van der Waals surface area (Å²) in [7, 11) is 0. The number of phenols is 2. The normalized spacial score (nSPS) is 10.7. The predicted octanol–water partition coefficient (Wildman–Crippen LogP) is 1.88. The lowest BCUT2D eigenvalue weighted by atomic mass is 10.1. The van der Waals surface area contributed by atoms with Crippen LogP contribution in [-0.2, 0) is 0 Å². The van der Waals surface area contributed by atoms with Gasteiger partial charge in [0.1, 0.15) is 11.5 Å². The molecule has 0 atom stereocenters. The van der Waals surface area contributed by atoms with Gasteiger partial charge < -0.3 is 15.2 Å². The number of nitrogens with one attached hydrogen (secondary N) is 2. The molecule has 0 aliphatic carbocycles. The zero-order chi connectivity index (χ0) is 12.5. The van der Waals surface area contributed by atoms with Gasteiger partial charge >= 0.3 is 0 Å². The van der Waals surface area contributed by atoms with Crippen LogP contribution in [0, 0.1) is 0 Å². The molecule has 0 spiro atoms. The summed E-state index contributed by atoms with van der Waals surface area (Å²) < 4.78 is 0. The first-order chi connectivity index (χ1) is 8.75. The van der Waals surface area contributed by atoms with Crippen molar-refractivity contribution in [3.8, 4) is 34.0 Å². The number of imidazole rings is 1. The second-order valence-corrected chi connectivity index (χ2v) is 3.83. The Morgan fingerprint density at radius 1 is 1.06 bits per heavy atom. The third-order valence-electron chi connectivity index (χ3n) is 2.68. The molecule has 0 unspecified atom stereocenters. The van der Waals surface area contributed by atoms with E-state index in [1.807, 2.05) is 0 Å². The van der Waals surface area contributed by atoms with Gasteiger partial charge in [-0.15, -0.1) is 0 Å². The minimum Gasteiger partial charge on any atom is -0.508 e. The molecule has 6 nitrogen and oxygen atoms in total. The van der Waals surface area contributed by atoms with Gasteiger partial charge in [0.15, 0.2) is 0 Å². The standard InChI is InChI=1S/C12H10N4O2/c17-7-1-2-8(11(18)3-7)12-9(4-15-16-12)10-5-13-6-14-10/h1-6,17-18H,(H,13,14)(H,15,16). The molecule has 0 saturated heterocycles. The Kier molecular flexibility index (Phi) is 2.26. The smallest absolute Gasteiger partial charge is 0.128 e. The molecule has 3 rings (SSSR count). The summed E-state index contributed by atoms with van der Waals surface area (Å²) in [6.07, 6.45) is 4.89. The number of aromatic nitrogens is 4. The summed E-state index contributed by atoms with van der Waals surface area (Å²) >= 11 is 0. The SMILES string of the molecule is Oc1ccc(-c2[nH]ncc2-c2cnc[nH]2)c(O)c1. The molecule has 90 valence electrons. The fourth-order valence-corrected chi connectivity index (χ4v) is 1.83. The maximum absolute atomic E-state index is 9.85. The molecule has 18 heavy (non-hydrogen) atoms. The second kappa shape index (κ2) is 3.92. The molecule has 3 aromatic rings. The van der Waals surface area contributed by atoms with Gasteiger partial charge in [0.2, 0.25) is 0 Å². The Hall–Kier alpha value is -2.76. The van der Waals surface area contributed by atoms with Crippen molar-refractivity contribution in [3.05, 3.63) is 36.9 Å². The molecule has 0 amide bonds. The highest BCUT2D eigenvalue weighted by Crippen LogP contribution is 2.35. The van der Waals surface area contributed by atoms with E-state index in [4.69, 9.17) is 0 Å². The molecule has 0 bridgehead atoms. The predicted molar refractivity (Wildman–Crippen MR) is 64.9 cm³/mol. The number of H-pyrrole nitrogens is 2. The van der Waals surface area contributed by atoms with E-state index in [1.165, 1.54) is 12.1 Å². The van der Waals surface area contributed by atoms with Crippen molar-refractivity contribution in [1.82, 2.24) is 20.2 Å². The number of hydrogen-bond acceptors (Lipinski definition) is 4. The molecule has 0 fully saturated rings. The first-order valence-corrected chi connectivity index (χ1v) is 5.30. The Balaban J connectivity index is 2.16. The summed E-state index contributed by atoms with van der Waals surface area (Å²) in [4.78, 5) is 6.93. The Morgan fingerprint density at radius 2 is 1.94 bits per heavy atom. The topological polar surface area (TPSA) is 97.8 Å². The van der Waals surface area contributed by atoms with Gasteiger partial charge in [-0.1, -0.05) is 0 Å². The van der Waals surface area contributed by atoms with Crippen molar-refractivity contribution in [2.75, 3.05) is 0 Å². The monoisotopic (exact) mass is 242 g/mol. The lowest BCUT2D eigenvalue weighted by Gasteiger charge is -2.04. The third kappa shape index (κ3) is 1.60. The quantitative estimate of drug-likeness (QED) is 0.551. The van der Waals surface area contributed by atoms with Crippen LogP contribution in [0.15, 0.2) is 36.9 Å². The van der Waals surface area contributed by atoms with Gasteiger partial charge in [-0.05, 0) is 12.1 Å². The Morgan fingerprint density at radius 3 is 2.67 bits per heavy atom. The molecule has 1 aromatic carbocycles. The molecule has 0 aliphatic heterocycles. The van der Waals surface area contributed by atoms with Crippen LogP contribution in [-0.4, -0.2) is 30.4 Å². The number of hydrogen-bond donors (Lipinski definition) is 4. The molecule has 2 heterocycles. The molecule has 4 N–H and O–H groups in total. The number of nitrogens with zero attached hydrogens (tertiary/aromatic N) is 2. The van der Waals surface area contributed by atoms with Crippen LogP contribution in [0.4, 0.5) is 0 Å². The minimum absolute atomic E-state index is 0.0128. The van der Waals surface area contributed by atoms with Gasteiger partial charge in [0, 0.05) is 17.2 Å². The Labute approximate surface area is 102 Å². The van der Waals surface area contributed by atoms with Crippen LogP contribution in [0.5, 0.6) is 11.5 Å². The average molecular weight is 242 g/mol. The van der Waals surface area contributed by atoms with Crippen molar-refractivity contribution < 1.29 is 10.2 Å². The summed E-state index contributed by atoms with van der Waals surface area (Å²) in [6, 6.07) is 4.41. The molecule has 2 aromatic heterocycles. The molecule has 0 saturated carbocycles. The van der Waals surface area contributed by atoms with Crippen LogP contribution < -0.4 is 0 Å². The number of rotatable bonds is 2. The van der Waals surface area contributed by atoms with Gasteiger partial charge in [-0.2, -0.15) is 5.10 Å². The maximum Gasteiger partial charge on any atom is 0.128 e. The summed E-state index contributed by atoms with van der Waals surface area (Å²) in [5.74, 6) is -0.00105. The van der Waals surface area contributed by atoms with Crippen molar-refractivity contribution in [1.29, 1.82) is 0 Å².